The highest BCUT2D eigenvalue weighted by molar-refractivity contribution is 7.18. The third-order valence-electron chi connectivity index (χ3n) is 3.39. The molecule has 26 heavy (non-hydrogen) atoms. The van der Waals surface area contributed by atoms with Crippen LogP contribution in [0.15, 0.2) is 66.7 Å². The Morgan fingerprint density at radius 2 is 1.73 bits per heavy atom. The van der Waals surface area contributed by atoms with Crippen LogP contribution in [0, 0.1) is 0 Å². The summed E-state index contributed by atoms with van der Waals surface area (Å²) >= 11 is 1.17. The van der Waals surface area contributed by atoms with Gasteiger partial charge in [-0.15, -0.1) is 11.3 Å². The van der Waals surface area contributed by atoms with Crippen molar-refractivity contribution in [1.82, 2.24) is 0 Å². The van der Waals surface area contributed by atoms with E-state index in [2.05, 4.69) is 5.32 Å². The van der Waals surface area contributed by atoms with Crippen LogP contribution in [-0.4, -0.2) is 18.5 Å². The minimum absolute atomic E-state index is 0.277. The largest absolute Gasteiger partial charge is 0.462 e. The van der Waals surface area contributed by atoms with Crippen LogP contribution in [0.3, 0.4) is 0 Å². The maximum Gasteiger partial charge on any atom is 0.348 e. The summed E-state index contributed by atoms with van der Waals surface area (Å²) < 4.78 is 10.7. The van der Waals surface area contributed by atoms with Crippen LogP contribution in [0.25, 0.3) is 0 Å². The molecule has 3 rings (SSSR count). The van der Waals surface area contributed by atoms with Crippen LogP contribution in [0.4, 0.5) is 5.00 Å². The second kappa shape index (κ2) is 8.31. The number of rotatable bonds is 6. The standard InChI is InChI=1S/C20H17NO4S/c1-2-24-20(23)17-11-12-18(26-17)21-19(22)14-7-6-10-16(13-14)25-15-8-4-3-5-9-15/h3-13H,2H2,1H3,(H,21,22). The lowest BCUT2D eigenvalue weighted by atomic mass is 10.2. The SMILES string of the molecule is CCOC(=O)c1ccc(NC(=O)c2cccc(Oc3ccccc3)c2)s1. The number of amides is 1. The molecule has 2 aromatic carbocycles. The average molecular weight is 367 g/mol. The number of hydrogen-bond acceptors (Lipinski definition) is 5. The monoisotopic (exact) mass is 367 g/mol. The Kier molecular flexibility index (Phi) is 5.66. The molecule has 0 saturated carbocycles. The van der Waals surface area contributed by atoms with E-state index in [1.807, 2.05) is 30.3 Å². The molecule has 6 heteroatoms. The van der Waals surface area contributed by atoms with Crippen molar-refractivity contribution in [3.05, 3.63) is 77.2 Å². The van der Waals surface area contributed by atoms with Gasteiger partial charge in [-0.25, -0.2) is 4.79 Å². The molecule has 1 amide bonds. The van der Waals surface area contributed by atoms with Gasteiger partial charge in [0.15, 0.2) is 0 Å². The fourth-order valence-corrected chi connectivity index (χ4v) is 3.02. The normalized spacial score (nSPS) is 10.2. The van der Waals surface area contributed by atoms with Gasteiger partial charge >= 0.3 is 5.97 Å². The second-order valence-corrected chi connectivity index (χ2v) is 6.37. The Labute approximate surface area is 155 Å². The molecule has 0 atom stereocenters. The van der Waals surface area contributed by atoms with Crippen LogP contribution in [0.5, 0.6) is 11.5 Å². The number of hydrogen-bond donors (Lipinski definition) is 1. The maximum atomic E-state index is 12.4. The van der Waals surface area contributed by atoms with Crippen LogP contribution in [-0.2, 0) is 4.74 Å². The van der Waals surface area contributed by atoms with Gasteiger partial charge in [0.25, 0.3) is 5.91 Å². The first-order chi connectivity index (χ1) is 12.7. The first-order valence-electron chi connectivity index (χ1n) is 8.07. The van der Waals surface area contributed by atoms with Gasteiger partial charge in [-0.1, -0.05) is 24.3 Å². The Bertz CT molecular complexity index is 905. The lowest BCUT2D eigenvalue weighted by Crippen LogP contribution is -2.10. The van der Waals surface area contributed by atoms with Gasteiger partial charge in [0.2, 0.25) is 0 Å². The molecule has 0 aliphatic carbocycles. The topological polar surface area (TPSA) is 64.6 Å². The molecule has 0 aliphatic rings. The van der Waals surface area contributed by atoms with E-state index in [4.69, 9.17) is 9.47 Å². The molecule has 1 N–H and O–H groups in total. The first-order valence-corrected chi connectivity index (χ1v) is 8.88. The van der Waals surface area contributed by atoms with Crippen molar-refractivity contribution in [2.45, 2.75) is 6.92 Å². The highest BCUT2D eigenvalue weighted by Gasteiger charge is 2.13. The molecule has 0 bridgehead atoms. The van der Waals surface area contributed by atoms with Gasteiger partial charge in [-0.3, -0.25) is 4.79 Å². The Morgan fingerprint density at radius 3 is 2.50 bits per heavy atom. The van der Waals surface area contributed by atoms with Gasteiger partial charge in [-0.05, 0) is 49.4 Å². The summed E-state index contributed by atoms with van der Waals surface area (Å²) in [6.45, 7) is 2.06. The lowest BCUT2D eigenvalue weighted by Gasteiger charge is -2.07. The zero-order valence-corrected chi connectivity index (χ0v) is 14.9. The van der Waals surface area contributed by atoms with E-state index in [0.29, 0.717) is 33.5 Å². The highest BCUT2D eigenvalue weighted by atomic mass is 32.1. The molecule has 0 spiro atoms. The number of esters is 1. The summed E-state index contributed by atoms with van der Waals surface area (Å²) in [5.74, 6) is 0.599. The average Bonchev–Trinajstić information content (AvgIpc) is 3.12. The van der Waals surface area contributed by atoms with Crippen molar-refractivity contribution in [3.63, 3.8) is 0 Å². The van der Waals surface area contributed by atoms with Gasteiger partial charge in [0.1, 0.15) is 16.4 Å². The molecule has 5 nitrogen and oxygen atoms in total. The van der Waals surface area contributed by atoms with Crippen LogP contribution < -0.4 is 10.1 Å². The number of nitrogens with one attached hydrogen (secondary N) is 1. The third-order valence-corrected chi connectivity index (χ3v) is 4.38. The summed E-state index contributed by atoms with van der Waals surface area (Å²) in [7, 11) is 0. The number of anilines is 1. The quantitative estimate of drug-likeness (QED) is 0.625. The number of benzene rings is 2. The summed E-state index contributed by atoms with van der Waals surface area (Å²) in [6.07, 6.45) is 0. The van der Waals surface area contributed by atoms with Crippen LogP contribution in [0.1, 0.15) is 27.0 Å². The molecule has 0 saturated heterocycles. The van der Waals surface area contributed by atoms with Crippen molar-refractivity contribution in [2.75, 3.05) is 11.9 Å². The highest BCUT2D eigenvalue weighted by Crippen LogP contribution is 2.25. The number of carbonyl (C=O) groups excluding carboxylic acids is 2. The molecule has 132 valence electrons. The van der Waals surface area contributed by atoms with E-state index >= 15 is 0 Å². The zero-order valence-electron chi connectivity index (χ0n) is 14.1. The van der Waals surface area contributed by atoms with Crippen molar-refractivity contribution >= 4 is 28.2 Å². The Morgan fingerprint density at radius 1 is 0.962 bits per heavy atom. The minimum atomic E-state index is -0.392. The molecule has 3 aromatic rings. The summed E-state index contributed by atoms with van der Waals surface area (Å²) in [4.78, 5) is 24.6. The summed E-state index contributed by atoms with van der Waals surface area (Å²) in [5, 5.41) is 3.36. The number of thiophene rings is 1. The van der Waals surface area contributed by atoms with Gasteiger partial charge in [-0.2, -0.15) is 0 Å². The molecule has 0 fully saturated rings. The third kappa shape index (κ3) is 4.49. The Balaban J connectivity index is 1.68. The number of carbonyl (C=O) groups is 2. The van der Waals surface area contributed by atoms with E-state index in [1.54, 1.807) is 43.3 Å². The van der Waals surface area contributed by atoms with E-state index < -0.39 is 5.97 Å². The van der Waals surface area contributed by atoms with Crippen molar-refractivity contribution < 1.29 is 19.1 Å². The van der Waals surface area contributed by atoms with E-state index in [0.717, 1.165) is 0 Å². The van der Waals surface area contributed by atoms with Crippen molar-refractivity contribution in [2.24, 2.45) is 0 Å². The maximum absolute atomic E-state index is 12.4. The van der Waals surface area contributed by atoms with Gasteiger partial charge in [0.05, 0.1) is 11.6 Å². The van der Waals surface area contributed by atoms with E-state index in [1.165, 1.54) is 11.3 Å². The molecule has 0 aliphatic heterocycles. The van der Waals surface area contributed by atoms with Crippen molar-refractivity contribution in [3.8, 4) is 11.5 Å². The van der Waals surface area contributed by atoms with E-state index in [-0.39, 0.29) is 5.91 Å². The summed E-state index contributed by atoms with van der Waals surface area (Å²) in [6, 6.07) is 19.6. The van der Waals surface area contributed by atoms with E-state index in [9.17, 15) is 9.59 Å². The van der Waals surface area contributed by atoms with Gasteiger partial charge in [0, 0.05) is 5.56 Å². The predicted molar refractivity (Wildman–Crippen MR) is 101 cm³/mol. The van der Waals surface area contributed by atoms with Gasteiger partial charge < -0.3 is 14.8 Å². The zero-order chi connectivity index (χ0) is 18.4. The molecular weight excluding hydrogens is 350 g/mol. The number of para-hydroxylation sites is 1. The molecule has 1 heterocycles. The second-order valence-electron chi connectivity index (χ2n) is 5.28. The minimum Gasteiger partial charge on any atom is -0.462 e. The molecular formula is C20H17NO4S. The van der Waals surface area contributed by atoms with Crippen molar-refractivity contribution in [1.29, 1.82) is 0 Å². The first kappa shape index (κ1) is 17.7. The van der Waals surface area contributed by atoms with Crippen LogP contribution in [0.2, 0.25) is 0 Å². The predicted octanol–water partition coefficient (Wildman–Crippen LogP) is 4.97. The summed E-state index contributed by atoms with van der Waals surface area (Å²) in [5.41, 5.74) is 0.463. The fourth-order valence-electron chi connectivity index (χ4n) is 2.23. The molecule has 0 unspecified atom stereocenters. The Hall–Kier alpha value is -3.12. The van der Waals surface area contributed by atoms with Crippen LogP contribution >= 0.6 is 11.3 Å². The molecule has 1 aromatic heterocycles. The lowest BCUT2D eigenvalue weighted by molar-refractivity contribution is 0.0532. The smallest absolute Gasteiger partial charge is 0.348 e. The fraction of sp³-hybridized carbons (Fsp3) is 0.100. The molecule has 0 radical (unpaired) electrons. The number of ether oxygens (including phenoxy) is 2.